The Hall–Kier alpha value is -1.81. The van der Waals surface area contributed by atoms with Crippen LogP contribution >= 0.6 is 0 Å². The van der Waals surface area contributed by atoms with Crippen molar-refractivity contribution >= 4 is 34.8 Å². The standard InChI is InChI=1S/C13H13BN2O/c1-2-12-15-13-10-6-4-3-5-9(10)7-8-11(13)14(17)16-12/h3-8,17H,2H2,1H3,(H,15,16)/p+1. The molecular formula is C13H14BN2O+. The summed E-state index contributed by atoms with van der Waals surface area (Å²) >= 11 is 0. The van der Waals surface area contributed by atoms with Crippen molar-refractivity contribution < 1.29 is 9.93 Å². The molecule has 0 radical (unpaired) electrons. The fourth-order valence-corrected chi connectivity index (χ4v) is 2.28. The Balaban J connectivity index is 2.25. The quantitative estimate of drug-likeness (QED) is 0.590. The molecule has 17 heavy (non-hydrogen) atoms. The first-order valence-electron chi connectivity index (χ1n) is 5.88. The van der Waals surface area contributed by atoms with E-state index in [1.807, 2.05) is 24.3 Å². The lowest BCUT2D eigenvalue weighted by atomic mass is 9.72. The summed E-state index contributed by atoms with van der Waals surface area (Å²) < 4.78 is 0. The molecule has 0 bridgehead atoms. The molecule has 0 amide bonds. The van der Waals surface area contributed by atoms with E-state index in [1.165, 1.54) is 5.39 Å². The molecule has 0 aromatic heterocycles. The van der Waals surface area contributed by atoms with E-state index >= 15 is 0 Å². The molecule has 0 atom stereocenters. The van der Waals surface area contributed by atoms with Gasteiger partial charge < -0.3 is 9.93 Å². The van der Waals surface area contributed by atoms with Crippen LogP contribution < -0.4 is 15.7 Å². The second-order valence-electron chi connectivity index (χ2n) is 4.25. The van der Waals surface area contributed by atoms with Crippen LogP contribution in [0.2, 0.25) is 0 Å². The van der Waals surface area contributed by atoms with E-state index < -0.39 is 7.05 Å². The Labute approximate surface area is 100 Å². The predicted molar refractivity (Wildman–Crippen MR) is 71.4 cm³/mol. The number of anilines is 1. The molecule has 2 aromatic rings. The summed E-state index contributed by atoms with van der Waals surface area (Å²) in [5, 5.41) is 15.7. The number of hydrogen-bond donors (Lipinski definition) is 3. The molecular weight excluding hydrogens is 211 g/mol. The van der Waals surface area contributed by atoms with Crippen molar-refractivity contribution in [3.63, 3.8) is 0 Å². The number of rotatable bonds is 1. The summed E-state index contributed by atoms with van der Waals surface area (Å²) in [6.45, 7) is 2.05. The normalized spacial score (nSPS) is 14.2. The highest BCUT2D eigenvalue weighted by molar-refractivity contribution is 6.62. The van der Waals surface area contributed by atoms with Gasteiger partial charge in [0.2, 0.25) is 5.84 Å². The SMILES string of the molecule is CCC1=[NH+]B(O)c2ccc3ccccc3c2N1. The monoisotopic (exact) mass is 225 g/mol. The van der Waals surface area contributed by atoms with Crippen LogP contribution in [0.3, 0.4) is 0 Å². The van der Waals surface area contributed by atoms with Crippen LogP contribution in [0.15, 0.2) is 36.4 Å². The predicted octanol–water partition coefficient (Wildman–Crippen LogP) is -0.158. The van der Waals surface area contributed by atoms with Crippen molar-refractivity contribution in [3.05, 3.63) is 36.4 Å². The van der Waals surface area contributed by atoms with Crippen LogP contribution in [-0.4, -0.2) is 17.9 Å². The van der Waals surface area contributed by atoms with Gasteiger partial charge in [0.1, 0.15) is 5.69 Å². The van der Waals surface area contributed by atoms with Gasteiger partial charge in [-0.05, 0) is 5.39 Å². The minimum Gasteiger partial charge on any atom is -0.408 e. The maximum Gasteiger partial charge on any atom is 0.574 e. The largest absolute Gasteiger partial charge is 0.574 e. The van der Waals surface area contributed by atoms with E-state index in [1.54, 1.807) is 0 Å². The summed E-state index contributed by atoms with van der Waals surface area (Å²) in [6.07, 6.45) is 0.847. The fourth-order valence-electron chi connectivity index (χ4n) is 2.28. The third-order valence-corrected chi connectivity index (χ3v) is 3.20. The number of benzene rings is 2. The Morgan fingerprint density at radius 2 is 2.06 bits per heavy atom. The zero-order chi connectivity index (χ0) is 11.8. The first-order chi connectivity index (χ1) is 8.29. The Bertz CT molecular complexity index is 609. The molecule has 0 saturated carbocycles. The van der Waals surface area contributed by atoms with Gasteiger partial charge in [-0.25, -0.2) is 5.32 Å². The van der Waals surface area contributed by atoms with Crippen molar-refractivity contribution in [2.45, 2.75) is 13.3 Å². The molecule has 4 heteroatoms. The third-order valence-electron chi connectivity index (χ3n) is 3.20. The second kappa shape index (κ2) is 3.89. The highest BCUT2D eigenvalue weighted by atomic mass is 16.2. The number of amidine groups is 1. The van der Waals surface area contributed by atoms with E-state index in [4.69, 9.17) is 0 Å². The average molecular weight is 225 g/mol. The van der Waals surface area contributed by atoms with Crippen molar-refractivity contribution in [1.29, 1.82) is 0 Å². The summed E-state index contributed by atoms with van der Waals surface area (Å²) in [4.78, 5) is 3.05. The van der Waals surface area contributed by atoms with E-state index in [0.29, 0.717) is 0 Å². The fraction of sp³-hybridized carbons (Fsp3) is 0.154. The van der Waals surface area contributed by atoms with Gasteiger partial charge in [0, 0.05) is 17.3 Å². The van der Waals surface area contributed by atoms with Crippen LogP contribution in [0.25, 0.3) is 10.8 Å². The third kappa shape index (κ3) is 1.61. The van der Waals surface area contributed by atoms with Gasteiger partial charge in [-0.3, -0.25) is 0 Å². The van der Waals surface area contributed by atoms with Gasteiger partial charge in [0.05, 0.1) is 0 Å². The molecule has 3 nitrogen and oxygen atoms in total. The van der Waals surface area contributed by atoms with Crippen molar-refractivity contribution in [2.24, 2.45) is 0 Å². The molecule has 0 unspecified atom stereocenters. The van der Waals surface area contributed by atoms with E-state index in [2.05, 4.69) is 29.3 Å². The molecule has 0 aliphatic carbocycles. The summed E-state index contributed by atoms with van der Waals surface area (Å²) in [5.74, 6) is 0.960. The lowest BCUT2D eigenvalue weighted by Crippen LogP contribution is -2.90. The van der Waals surface area contributed by atoms with E-state index in [0.717, 1.165) is 28.8 Å². The van der Waals surface area contributed by atoms with E-state index in [-0.39, 0.29) is 0 Å². The summed E-state index contributed by atoms with van der Waals surface area (Å²) in [6, 6.07) is 12.2. The van der Waals surface area contributed by atoms with Gasteiger partial charge in [-0.15, -0.1) is 0 Å². The lowest BCUT2D eigenvalue weighted by molar-refractivity contribution is -0.312. The van der Waals surface area contributed by atoms with Crippen LogP contribution in [0, 0.1) is 0 Å². The van der Waals surface area contributed by atoms with Gasteiger partial charge in [0.25, 0.3) is 0 Å². The molecule has 1 aliphatic rings. The highest BCUT2D eigenvalue weighted by Crippen LogP contribution is 2.22. The smallest absolute Gasteiger partial charge is 0.408 e. The molecule has 84 valence electrons. The Morgan fingerprint density at radius 1 is 1.24 bits per heavy atom. The first kappa shape index (κ1) is 10.4. The highest BCUT2D eigenvalue weighted by Gasteiger charge is 2.31. The number of fused-ring (bicyclic) bond motifs is 3. The average Bonchev–Trinajstić information content (AvgIpc) is 2.38. The molecule has 1 heterocycles. The van der Waals surface area contributed by atoms with Crippen LogP contribution in [-0.2, 0) is 0 Å². The van der Waals surface area contributed by atoms with Gasteiger partial charge in [-0.2, -0.15) is 0 Å². The second-order valence-corrected chi connectivity index (χ2v) is 4.25. The minimum atomic E-state index is -0.620. The molecule has 0 spiro atoms. The van der Waals surface area contributed by atoms with Crippen molar-refractivity contribution in [1.82, 2.24) is 0 Å². The molecule has 2 aromatic carbocycles. The number of nitrogens with one attached hydrogen (secondary N) is 2. The van der Waals surface area contributed by atoms with Gasteiger partial charge in [-0.1, -0.05) is 43.3 Å². The first-order valence-corrected chi connectivity index (χ1v) is 5.88. The van der Waals surface area contributed by atoms with Crippen LogP contribution in [0.5, 0.6) is 0 Å². The maximum absolute atomic E-state index is 10.1. The van der Waals surface area contributed by atoms with Crippen molar-refractivity contribution in [2.75, 3.05) is 5.32 Å². The van der Waals surface area contributed by atoms with E-state index in [9.17, 15) is 5.02 Å². The van der Waals surface area contributed by atoms with Gasteiger partial charge in [0.15, 0.2) is 0 Å². The Morgan fingerprint density at radius 3 is 2.88 bits per heavy atom. The summed E-state index contributed by atoms with van der Waals surface area (Å²) in [7, 11) is -0.620. The van der Waals surface area contributed by atoms with Crippen molar-refractivity contribution in [3.8, 4) is 0 Å². The molecule has 3 N–H and O–H groups in total. The zero-order valence-corrected chi connectivity index (χ0v) is 9.70. The number of hydrogen-bond acceptors (Lipinski definition) is 2. The topological polar surface area (TPSA) is 46.2 Å². The van der Waals surface area contributed by atoms with Crippen LogP contribution in [0.1, 0.15) is 13.3 Å². The molecule has 0 fully saturated rings. The molecule has 0 saturated heterocycles. The van der Waals surface area contributed by atoms with Crippen LogP contribution in [0.4, 0.5) is 5.69 Å². The lowest BCUT2D eigenvalue weighted by Gasteiger charge is -2.15. The van der Waals surface area contributed by atoms with Gasteiger partial charge >= 0.3 is 7.05 Å². The molecule has 3 rings (SSSR count). The Kier molecular flexibility index (Phi) is 2.37. The maximum atomic E-state index is 10.1. The summed E-state index contributed by atoms with van der Waals surface area (Å²) in [5.41, 5.74) is 1.92. The molecule has 1 aliphatic heterocycles. The zero-order valence-electron chi connectivity index (χ0n) is 9.70. The minimum absolute atomic E-state index is 0.620.